The Labute approximate surface area is 426 Å². The van der Waals surface area contributed by atoms with Crippen molar-refractivity contribution in [3.8, 4) is 0 Å². The third-order valence-electron chi connectivity index (χ3n) is 12.4. The van der Waals surface area contributed by atoms with Gasteiger partial charge in [-0.1, -0.05) is 252 Å². The molecule has 0 bridgehead atoms. The molecule has 3 atom stereocenters. The summed E-state index contributed by atoms with van der Waals surface area (Å²) in [6.45, 7) is 6.32. The average Bonchev–Trinajstić information content (AvgIpc) is 3.34. The van der Waals surface area contributed by atoms with E-state index in [0.717, 1.165) is 109 Å². The zero-order valence-corrected chi connectivity index (χ0v) is 44.9. The molecule has 0 spiro atoms. The summed E-state index contributed by atoms with van der Waals surface area (Å²) in [5, 5.41) is 23.9. The van der Waals surface area contributed by atoms with Crippen molar-refractivity contribution in [2.45, 2.75) is 270 Å². The molecule has 0 saturated carbocycles. The number of nitrogens with one attached hydrogen (secondary N) is 1. The summed E-state index contributed by atoms with van der Waals surface area (Å²) in [6.07, 6.45) is 75.7. The molecule has 69 heavy (non-hydrogen) atoms. The number of hydrogen-bond donors (Lipinski definition) is 3. The number of hydrogen-bond acceptors (Lipinski definition) is 5. The van der Waals surface area contributed by atoms with Gasteiger partial charge < -0.3 is 20.3 Å². The lowest BCUT2D eigenvalue weighted by Crippen LogP contribution is -2.46. The van der Waals surface area contributed by atoms with E-state index < -0.39 is 18.2 Å². The number of esters is 1. The molecule has 0 aliphatic carbocycles. The van der Waals surface area contributed by atoms with Crippen LogP contribution in [0, 0.1) is 0 Å². The number of rotatable bonds is 50. The molecule has 6 nitrogen and oxygen atoms in total. The largest absolute Gasteiger partial charge is 0.462 e. The fraction of sp³-hybridized carbons (Fsp3) is 0.683. The van der Waals surface area contributed by atoms with Crippen LogP contribution in [0.3, 0.4) is 0 Å². The number of carbonyl (C=O) groups excluding carboxylic acids is 2. The first-order valence-electron chi connectivity index (χ1n) is 28.7. The Morgan fingerprint density at radius 3 is 1.35 bits per heavy atom. The molecular formula is C63H107NO5. The van der Waals surface area contributed by atoms with Crippen LogP contribution >= 0.6 is 0 Å². The first-order chi connectivity index (χ1) is 34.0. The molecule has 0 aromatic carbocycles. The van der Waals surface area contributed by atoms with Crippen molar-refractivity contribution in [2.75, 3.05) is 6.61 Å². The van der Waals surface area contributed by atoms with Gasteiger partial charge in [0, 0.05) is 6.42 Å². The van der Waals surface area contributed by atoms with Gasteiger partial charge in [-0.2, -0.15) is 0 Å². The number of carbonyl (C=O) groups is 2. The molecule has 394 valence electrons. The highest BCUT2D eigenvalue weighted by Crippen LogP contribution is 2.17. The first-order valence-corrected chi connectivity index (χ1v) is 28.7. The zero-order chi connectivity index (χ0) is 50.2. The van der Waals surface area contributed by atoms with Gasteiger partial charge in [-0.15, -0.1) is 0 Å². The van der Waals surface area contributed by atoms with E-state index in [-0.39, 0.29) is 24.9 Å². The highest BCUT2D eigenvalue weighted by molar-refractivity contribution is 5.77. The SMILES string of the molecule is CC/C=C\C/C=C\C/C=C\C/C=C\C/C=C\CCCCCC(=O)OC(CCCCC/C=C/C=C/C=C/C=C/CCCCC)CC(=O)NC(CO)C(O)CCCCCCCCCCCCCCCCC. The van der Waals surface area contributed by atoms with Crippen molar-refractivity contribution in [3.63, 3.8) is 0 Å². The summed E-state index contributed by atoms with van der Waals surface area (Å²) in [6, 6.07) is -0.730. The minimum atomic E-state index is -0.812. The average molecular weight is 959 g/mol. The van der Waals surface area contributed by atoms with E-state index in [4.69, 9.17) is 4.74 Å². The van der Waals surface area contributed by atoms with E-state index in [2.05, 4.69) is 129 Å². The van der Waals surface area contributed by atoms with Crippen molar-refractivity contribution in [1.29, 1.82) is 0 Å². The third kappa shape index (κ3) is 50.7. The second-order valence-corrected chi connectivity index (χ2v) is 19.0. The van der Waals surface area contributed by atoms with Crippen LogP contribution in [-0.4, -0.2) is 46.9 Å². The Balaban J connectivity index is 4.72. The molecule has 0 aromatic rings. The van der Waals surface area contributed by atoms with Crippen LogP contribution in [0.4, 0.5) is 0 Å². The van der Waals surface area contributed by atoms with E-state index in [1.54, 1.807) is 0 Å². The summed E-state index contributed by atoms with van der Waals surface area (Å²) in [4.78, 5) is 26.3. The lowest BCUT2D eigenvalue weighted by Gasteiger charge is -2.24. The smallest absolute Gasteiger partial charge is 0.306 e. The summed E-state index contributed by atoms with van der Waals surface area (Å²) in [5.41, 5.74) is 0. The minimum absolute atomic E-state index is 0.0319. The lowest BCUT2D eigenvalue weighted by atomic mass is 10.0. The van der Waals surface area contributed by atoms with Crippen LogP contribution in [0.1, 0.15) is 252 Å². The maximum atomic E-state index is 13.3. The molecule has 0 aliphatic rings. The van der Waals surface area contributed by atoms with E-state index >= 15 is 0 Å². The van der Waals surface area contributed by atoms with Gasteiger partial charge >= 0.3 is 5.97 Å². The number of allylic oxidation sites excluding steroid dienone is 18. The predicted octanol–water partition coefficient (Wildman–Crippen LogP) is 17.8. The maximum Gasteiger partial charge on any atom is 0.306 e. The Hall–Kier alpha value is -3.48. The van der Waals surface area contributed by atoms with Crippen LogP contribution in [0.2, 0.25) is 0 Å². The van der Waals surface area contributed by atoms with Crippen molar-refractivity contribution >= 4 is 11.9 Å². The van der Waals surface area contributed by atoms with Gasteiger partial charge in [0.25, 0.3) is 0 Å². The molecule has 0 radical (unpaired) electrons. The van der Waals surface area contributed by atoms with E-state index in [9.17, 15) is 19.8 Å². The number of aliphatic hydroxyl groups excluding tert-OH is 2. The number of amides is 1. The number of aliphatic hydroxyl groups is 2. The molecule has 6 heteroatoms. The minimum Gasteiger partial charge on any atom is -0.462 e. The number of unbranched alkanes of at least 4 members (excludes halogenated alkanes) is 23. The molecule has 0 saturated heterocycles. The monoisotopic (exact) mass is 958 g/mol. The van der Waals surface area contributed by atoms with Crippen LogP contribution in [0.5, 0.6) is 0 Å². The molecule has 0 aliphatic heterocycles. The van der Waals surface area contributed by atoms with E-state index in [0.29, 0.717) is 19.3 Å². The normalized spacial score (nSPS) is 14.0. The van der Waals surface area contributed by atoms with Gasteiger partial charge in [0.15, 0.2) is 0 Å². The van der Waals surface area contributed by atoms with Gasteiger partial charge in [-0.05, 0) is 96.3 Å². The molecule has 3 N–H and O–H groups in total. The zero-order valence-electron chi connectivity index (χ0n) is 44.9. The van der Waals surface area contributed by atoms with Crippen molar-refractivity contribution in [2.24, 2.45) is 0 Å². The topological polar surface area (TPSA) is 95.9 Å². The van der Waals surface area contributed by atoms with E-state index in [1.807, 2.05) is 6.08 Å². The fourth-order valence-electron chi connectivity index (χ4n) is 8.12. The van der Waals surface area contributed by atoms with Crippen molar-refractivity contribution in [1.82, 2.24) is 5.32 Å². The summed E-state index contributed by atoms with van der Waals surface area (Å²) >= 11 is 0. The number of ether oxygens (including phenoxy) is 1. The van der Waals surface area contributed by atoms with Crippen LogP contribution in [0.15, 0.2) is 109 Å². The molecule has 1 amide bonds. The Kier molecular flexibility index (Phi) is 52.7. The first kappa shape index (κ1) is 65.5. The second-order valence-electron chi connectivity index (χ2n) is 19.0. The Morgan fingerprint density at radius 2 is 0.841 bits per heavy atom. The summed E-state index contributed by atoms with van der Waals surface area (Å²) in [7, 11) is 0. The molecule has 0 fully saturated rings. The van der Waals surface area contributed by atoms with Gasteiger partial charge in [-0.3, -0.25) is 9.59 Å². The Bertz CT molecular complexity index is 1400. The second kappa shape index (κ2) is 55.4. The highest BCUT2D eigenvalue weighted by Gasteiger charge is 2.24. The molecule has 0 aromatic heterocycles. The van der Waals surface area contributed by atoms with Gasteiger partial charge in [0.2, 0.25) is 5.91 Å². The van der Waals surface area contributed by atoms with Crippen molar-refractivity contribution < 1.29 is 24.5 Å². The standard InChI is InChI=1S/C63H107NO5/c1-4-7-10-13-16-19-22-25-28-30-31-32-35-38-41-44-47-50-53-56-63(68)69-59(54-51-48-45-42-39-36-34-29-26-23-20-17-14-11-8-5-2)57-62(67)64-60(58-65)61(66)55-52-49-46-43-40-37-33-27-24-21-18-15-12-9-6-3/h7,10,16-17,19-20,23,25-26,28-29,31-32,34,36,38-39,41,59-61,65-66H,4-6,8-9,11-15,18,21-22,24,27,30,33,35,37,40,42-58H2,1-3H3,(H,64,67)/b10-7-,19-16-,20-17+,26-23+,28-25-,32-31-,34-29+,39-36+,41-38-. The van der Waals surface area contributed by atoms with E-state index in [1.165, 1.54) is 96.3 Å². The van der Waals surface area contributed by atoms with Gasteiger partial charge in [-0.25, -0.2) is 0 Å². The predicted molar refractivity (Wildman–Crippen MR) is 300 cm³/mol. The summed E-state index contributed by atoms with van der Waals surface area (Å²) in [5.74, 6) is -0.555. The Morgan fingerprint density at radius 1 is 0.449 bits per heavy atom. The highest BCUT2D eigenvalue weighted by atomic mass is 16.5. The van der Waals surface area contributed by atoms with Gasteiger partial charge in [0.1, 0.15) is 6.10 Å². The molecular weight excluding hydrogens is 851 g/mol. The maximum absolute atomic E-state index is 13.3. The molecule has 3 unspecified atom stereocenters. The lowest BCUT2D eigenvalue weighted by molar-refractivity contribution is -0.151. The summed E-state index contributed by atoms with van der Waals surface area (Å²) < 4.78 is 5.93. The molecule has 0 rings (SSSR count). The molecule has 0 heterocycles. The van der Waals surface area contributed by atoms with Gasteiger partial charge in [0.05, 0.1) is 25.2 Å². The van der Waals surface area contributed by atoms with Crippen molar-refractivity contribution in [3.05, 3.63) is 109 Å². The fourth-order valence-corrected chi connectivity index (χ4v) is 8.12. The van der Waals surface area contributed by atoms with Crippen LogP contribution in [0.25, 0.3) is 0 Å². The van der Waals surface area contributed by atoms with Crippen LogP contribution in [-0.2, 0) is 14.3 Å². The van der Waals surface area contributed by atoms with Crippen LogP contribution < -0.4 is 5.32 Å². The quantitative estimate of drug-likeness (QED) is 0.0244. The third-order valence-corrected chi connectivity index (χ3v) is 12.4.